The second kappa shape index (κ2) is 4.84. The highest BCUT2D eigenvalue weighted by Gasteiger charge is 2.17. The summed E-state index contributed by atoms with van der Waals surface area (Å²) in [6.07, 6.45) is 2.67. The van der Waals surface area contributed by atoms with E-state index in [-0.39, 0.29) is 11.4 Å². The van der Waals surface area contributed by atoms with Gasteiger partial charge < -0.3 is 0 Å². The summed E-state index contributed by atoms with van der Waals surface area (Å²) in [7, 11) is 0. The van der Waals surface area contributed by atoms with Crippen LogP contribution in [-0.4, -0.2) is 10.8 Å². The molecule has 0 radical (unpaired) electrons. The number of nitrogens with zero attached hydrogens (tertiary/aromatic N) is 1. The van der Waals surface area contributed by atoms with Gasteiger partial charge in [0.15, 0.2) is 0 Å². The van der Waals surface area contributed by atoms with Gasteiger partial charge in [-0.05, 0) is 6.07 Å². The van der Waals surface area contributed by atoms with Crippen molar-refractivity contribution in [1.82, 2.24) is 0 Å². The monoisotopic (exact) mass is 233 g/mol. The third kappa shape index (κ3) is 2.73. The predicted octanol–water partition coefficient (Wildman–Crippen LogP) is 3.13. The summed E-state index contributed by atoms with van der Waals surface area (Å²) in [4.78, 5) is 9.28. The molecule has 0 fully saturated rings. The molecule has 0 aliphatic rings. The lowest BCUT2D eigenvalue weighted by atomic mass is 10.1. The smallest absolute Gasteiger partial charge is 0.258 e. The number of allylic oxidation sites excluding steroid dienone is 1. The standard InChI is InChI=1S/C9H6ClF2NO2/c10-3-1-2-6-4-8(12)9(13(14)15)5-7(6)11/h1-2,4-5H,3H2. The van der Waals surface area contributed by atoms with E-state index in [1.54, 1.807) is 0 Å². The maximum absolute atomic E-state index is 13.1. The summed E-state index contributed by atoms with van der Waals surface area (Å²) in [6, 6.07) is 1.31. The van der Waals surface area contributed by atoms with Gasteiger partial charge in [0, 0.05) is 11.4 Å². The molecule has 0 bridgehead atoms. The van der Waals surface area contributed by atoms with Crippen molar-refractivity contribution in [2.75, 3.05) is 5.88 Å². The second-order valence-corrected chi connectivity index (χ2v) is 2.95. The van der Waals surface area contributed by atoms with E-state index in [0.29, 0.717) is 6.07 Å². The Labute approximate surface area is 89.1 Å². The number of nitro benzene ring substituents is 1. The van der Waals surface area contributed by atoms with Crippen LogP contribution in [0.5, 0.6) is 0 Å². The normalized spacial score (nSPS) is 10.9. The molecule has 0 saturated heterocycles. The van der Waals surface area contributed by atoms with Crippen molar-refractivity contribution in [1.29, 1.82) is 0 Å². The zero-order valence-corrected chi connectivity index (χ0v) is 8.17. The van der Waals surface area contributed by atoms with Crippen LogP contribution in [0.25, 0.3) is 6.08 Å². The van der Waals surface area contributed by atoms with Gasteiger partial charge in [0.1, 0.15) is 5.82 Å². The van der Waals surface area contributed by atoms with Gasteiger partial charge in [-0.3, -0.25) is 10.1 Å². The van der Waals surface area contributed by atoms with Gasteiger partial charge in [-0.2, -0.15) is 4.39 Å². The number of hydrogen-bond donors (Lipinski definition) is 0. The van der Waals surface area contributed by atoms with E-state index < -0.39 is 22.2 Å². The fourth-order valence-corrected chi connectivity index (χ4v) is 1.08. The van der Waals surface area contributed by atoms with E-state index in [0.717, 1.165) is 6.07 Å². The molecular weight excluding hydrogens is 228 g/mol. The van der Waals surface area contributed by atoms with Crippen LogP contribution in [0.2, 0.25) is 0 Å². The number of halogens is 3. The lowest BCUT2D eigenvalue weighted by Gasteiger charge is -1.98. The highest BCUT2D eigenvalue weighted by atomic mass is 35.5. The van der Waals surface area contributed by atoms with Gasteiger partial charge in [0.2, 0.25) is 5.82 Å². The van der Waals surface area contributed by atoms with Crippen molar-refractivity contribution in [2.24, 2.45) is 0 Å². The van der Waals surface area contributed by atoms with Crippen LogP contribution >= 0.6 is 11.6 Å². The zero-order valence-electron chi connectivity index (χ0n) is 7.41. The number of nitro groups is 1. The molecule has 0 heterocycles. The summed E-state index contributed by atoms with van der Waals surface area (Å²) in [5.41, 5.74) is -0.950. The molecule has 0 saturated carbocycles. The number of hydrogen-bond acceptors (Lipinski definition) is 2. The molecule has 80 valence electrons. The van der Waals surface area contributed by atoms with Crippen molar-refractivity contribution in [3.8, 4) is 0 Å². The molecule has 0 aromatic heterocycles. The first-order chi connectivity index (χ1) is 7.06. The zero-order chi connectivity index (χ0) is 11.4. The third-order valence-electron chi connectivity index (χ3n) is 1.65. The molecule has 0 spiro atoms. The molecule has 0 aliphatic carbocycles. The minimum Gasteiger partial charge on any atom is -0.258 e. The van der Waals surface area contributed by atoms with Crippen LogP contribution in [0.1, 0.15) is 5.56 Å². The summed E-state index contributed by atoms with van der Waals surface area (Å²) in [5, 5.41) is 10.3. The van der Waals surface area contributed by atoms with E-state index in [1.165, 1.54) is 12.2 Å². The maximum atomic E-state index is 13.1. The number of rotatable bonds is 3. The maximum Gasteiger partial charge on any atom is 0.307 e. The molecule has 0 aliphatic heterocycles. The molecule has 0 amide bonds. The predicted molar refractivity (Wildman–Crippen MR) is 52.8 cm³/mol. The van der Waals surface area contributed by atoms with Crippen molar-refractivity contribution >= 4 is 23.4 Å². The first-order valence-electron chi connectivity index (χ1n) is 3.92. The van der Waals surface area contributed by atoms with Crippen LogP contribution < -0.4 is 0 Å². The van der Waals surface area contributed by atoms with Gasteiger partial charge in [-0.1, -0.05) is 12.2 Å². The van der Waals surface area contributed by atoms with Crippen molar-refractivity contribution in [2.45, 2.75) is 0 Å². The van der Waals surface area contributed by atoms with Gasteiger partial charge in [-0.15, -0.1) is 11.6 Å². The Bertz CT molecular complexity index is 421. The van der Waals surface area contributed by atoms with E-state index in [9.17, 15) is 18.9 Å². The molecule has 6 heteroatoms. The Morgan fingerprint density at radius 3 is 2.60 bits per heavy atom. The summed E-state index contributed by atoms with van der Waals surface area (Å²) < 4.78 is 26.2. The Morgan fingerprint density at radius 1 is 1.40 bits per heavy atom. The first-order valence-corrected chi connectivity index (χ1v) is 4.45. The fourth-order valence-electron chi connectivity index (χ4n) is 0.991. The van der Waals surface area contributed by atoms with E-state index >= 15 is 0 Å². The molecule has 1 aromatic rings. The Balaban J connectivity index is 3.19. The van der Waals surface area contributed by atoms with Gasteiger partial charge in [0.05, 0.1) is 11.0 Å². The van der Waals surface area contributed by atoms with Crippen LogP contribution in [-0.2, 0) is 0 Å². The SMILES string of the molecule is O=[N+]([O-])c1cc(F)c(C=CCCl)cc1F. The summed E-state index contributed by atoms with van der Waals surface area (Å²) in [6.45, 7) is 0. The lowest BCUT2D eigenvalue weighted by Crippen LogP contribution is -1.95. The molecule has 15 heavy (non-hydrogen) atoms. The number of alkyl halides is 1. The third-order valence-corrected chi connectivity index (χ3v) is 1.83. The molecule has 0 N–H and O–H groups in total. The average molecular weight is 234 g/mol. The summed E-state index contributed by atoms with van der Waals surface area (Å²) >= 11 is 5.31. The molecule has 1 rings (SSSR count). The summed E-state index contributed by atoms with van der Waals surface area (Å²) in [5.74, 6) is -1.78. The van der Waals surface area contributed by atoms with Crippen molar-refractivity contribution in [3.63, 3.8) is 0 Å². The van der Waals surface area contributed by atoms with Gasteiger partial charge in [-0.25, -0.2) is 4.39 Å². The van der Waals surface area contributed by atoms with Crippen LogP contribution in [0.4, 0.5) is 14.5 Å². The van der Waals surface area contributed by atoms with Crippen molar-refractivity contribution in [3.05, 3.63) is 45.5 Å². The van der Waals surface area contributed by atoms with Gasteiger partial charge >= 0.3 is 5.69 Å². The van der Waals surface area contributed by atoms with Crippen LogP contribution in [0.15, 0.2) is 18.2 Å². The second-order valence-electron chi connectivity index (χ2n) is 2.64. The molecular formula is C9H6ClF2NO2. The first kappa shape index (κ1) is 11.6. The average Bonchev–Trinajstić information content (AvgIpc) is 2.18. The van der Waals surface area contributed by atoms with Crippen LogP contribution in [0, 0.1) is 21.7 Å². The minimum atomic E-state index is -1.07. The number of benzene rings is 1. The largest absolute Gasteiger partial charge is 0.307 e. The highest BCUT2D eigenvalue weighted by Crippen LogP contribution is 2.22. The minimum absolute atomic E-state index is 0.0706. The molecule has 0 atom stereocenters. The lowest BCUT2D eigenvalue weighted by molar-refractivity contribution is -0.387. The topological polar surface area (TPSA) is 43.1 Å². The fraction of sp³-hybridized carbons (Fsp3) is 0.111. The molecule has 0 unspecified atom stereocenters. The Hall–Kier alpha value is -1.49. The Morgan fingerprint density at radius 2 is 2.07 bits per heavy atom. The molecule has 3 nitrogen and oxygen atoms in total. The Kier molecular flexibility index (Phi) is 3.74. The van der Waals surface area contributed by atoms with Crippen LogP contribution in [0.3, 0.4) is 0 Å². The highest BCUT2D eigenvalue weighted by molar-refractivity contribution is 6.19. The van der Waals surface area contributed by atoms with E-state index in [2.05, 4.69) is 0 Å². The quantitative estimate of drug-likeness (QED) is 0.457. The molecule has 1 aromatic carbocycles. The van der Waals surface area contributed by atoms with Crippen molar-refractivity contribution < 1.29 is 13.7 Å². The van der Waals surface area contributed by atoms with E-state index in [1.807, 2.05) is 0 Å². The van der Waals surface area contributed by atoms with Gasteiger partial charge in [0.25, 0.3) is 0 Å². The van der Waals surface area contributed by atoms with E-state index in [4.69, 9.17) is 11.6 Å².